The zero-order chi connectivity index (χ0) is 15.4. The van der Waals surface area contributed by atoms with Gasteiger partial charge < -0.3 is 0 Å². The lowest BCUT2D eigenvalue weighted by Crippen LogP contribution is -2.37. The Balaban J connectivity index is 1.73. The fourth-order valence-corrected chi connectivity index (χ4v) is 3.34. The summed E-state index contributed by atoms with van der Waals surface area (Å²) in [4.78, 5) is 4.37. The minimum absolute atomic E-state index is 0.308. The molecule has 1 aliphatic heterocycles. The number of nitrogens with zero attached hydrogens (tertiary/aromatic N) is 2. The largest absolute Gasteiger partial charge is 0.250 e. The first-order valence-electron chi connectivity index (χ1n) is 7.53. The molecule has 0 saturated carbocycles. The van der Waals surface area contributed by atoms with E-state index in [2.05, 4.69) is 45.8 Å². The van der Waals surface area contributed by atoms with Crippen molar-refractivity contribution in [2.24, 2.45) is 0 Å². The fourth-order valence-electron chi connectivity index (χ4n) is 2.96. The molecule has 1 aliphatic rings. The number of benzene rings is 1. The third kappa shape index (κ3) is 3.61. The third-order valence-corrected chi connectivity index (χ3v) is 4.51. The Morgan fingerprint density at radius 2 is 2.00 bits per heavy atom. The van der Waals surface area contributed by atoms with Gasteiger partial charge in [0.05, 0.1) is 17.6 Å². The number of aromatic nitrogens is 1. The standard InChI is InChI=1S/C17H19Cl2N3/c18-11-15-14(8-9-17(19)21-15)16-7-4-10-22(16)20-12-13-5-2-1-3-6-13/h1-3,5-6,8-9,16,20H,4,7,10-12H2. The number of rotatable bonds is 5. The first-order valence-corrected chi connectivity index (χ1v) is 8.44. The summed E-state index contributed by atoms with van der Waals surface area (Å²) in [6, 6.07) is 14.6. The van der Waals surface area contributed by atoms with Gasteiger partial charge in [0, 0.05) is 13.1 Å². The maximum atomic E-state index is 6.04. The van der Waals surface area contributed by atoms with Gasteiger partial charge in [-0.05, 0) is 30.0 Å². The lowest BCUT2D eigenvalue weighted by Gasteiger charge is -2.26. The molecule has 3 rings (SSSR count). The predicted octanol–water partition coefficient (Wildman–Crippen LogP) is 4.32. The first-order chi connectivity index (χ1) is 10.8. The minimum Gasteiger partial charge on any atom is -0.250 e. The van der Waals surface area contributed by atoms with Crippen LogP contribution in [0.15, 0.2) is 42.5 Å². The average molecular weight is 336 g/mol. The van der Waals surface area contributed by atoms with Crippen LogP contribution in [-0.2, 0) is 12.4 Å². The van der Waals surface area contributed by atoms with Crippen LogP contribution in [0.2, 0.25) is 5.15 Å². The van der Waals surface area contributed by atoms with Gasteiger partial charge in [-0.2, -0.15) is 0 Å². The molecule has 0 amide bonds. The molecule has 22 heavy (non-hydrogen) atoms. The van der Waals surface area contributed by atoms with Crippen LogP contribution < -0.4 is 5.43 Å². The molecule has 1 aromatic carbocycles. The van der Waals surface area contributed by atoms with Crippen molar-refractivity contribution < 1.29 is 0 Å². The lowest BCUT2D eigenvalue weighted by atomic mass is 10.0. The molecule has 0 bridgehead atoms. The number of hydrazine groups is 1. The second-order valence-corrected chi connectivity index (χ2v) is 6.13. The lowest BCUT2D eigenvalue weighted by molar-refractivity contribution is 0.166. The summed E-state index contributed by atoms with van der Waals surface area (Å²) >= 11 is 12.0. The van der Waals surface area contributed by atoms with Crippen LogP contribution in [0.1, 0.15) is 35.7 Å². The normalized spacial score (nSPS) is 18.7. The molecular formula is C17H19Cl2N3. The summed E-state index contributed by atoms with van der Waals surface area (Å²) in [5.74, 6) is 0.388. The smallest absolute Gasteiger partial charge is 0.129 e. The maximum Gasteiger partial charge on any atom is 0.129 e. The average Bonchev–Trinajstić information content (AvgIpc) is 3.02. The van der Waals surface area contributed by atoms with E-state index in [0.717, 1.165) is 31.6 Å². The highest BCUT2D eigenvalue weighted by atomic mass is 35.5. The Kier molecular flexibility index (Phi) is 5.32. The molecular weight excluding hydrogens is 317 g/mol. The van der Waals surface area contributed by atoms with Gasteiger partial charge in [0.15, 0.2) is 0 Å². The highest BCUT2D eigenvalue weighted by molar-refractivity contribution is 6.29. The monoisotopic (exact) mass is 335 g/mol. The second kappa shape index (κ2) is 7.42. The van der Waals surface area contributed by atoms with Crippen molar-refractivity contribution in [2.75, 3.05) is 6.54 Å². The molecule has 1 fully saturated rings. The molecule has 0 aliphatic carbocycles. The Morgan fingerprint density at radius 3 is 2.77 bits per heavy atom. The molecule has 1 N–H and O–H groups in total. The summed E-state index contributed by atoms with van der Waals surface area (Å²) in [6.07, 6.45) is 2.27. The van der Waals surface area contributed by atoms with Crippen molar-refractivity contribution in [1.82, 2.24) is 15.4 Å². The van der Waals surface area contributed by atoms with Crippen molar-refractivity contribution in [3.05, 3.63) is 64.4 Å². The van der Waals surface area contributed by atoms with Gasteiger partial charge in [0.1, 0.15) is 5.15 Å². The van der Waals surface area contributed by atoms with Crippen molar-refractivity contribution >= 4 is 23.2 Å². The molecule has 2 heterocycles. The van der Waals surface area contributed by atoms with Crippen molar-refractivity contribution in [3.63, 3.8) is 0 Å². The van der Waals surface area contributed by atoms with Gasteiger partial charge in [-0.25, -0.2) is 9.99 Å². The van der Waals surface area contributed by atoms with Gasteiger partial charge in [-0.15, -0.1) is 11.6 Å². The Hall–Kier alpha value is -1.13. The van der Waals surface area contributed by atoms with Gasteiger partial charge in [-0.3, -0.25) is 5.43 Å². The Bertz CT molecular complexity index is 619. The van der Waals surface area contributed by atoms with Crippen molar-refractivity contribution in [2.45, 2.75) is 31.3 Å². The zero-order valence-electron chi connectivity index (χ0n) is 12.3. The molecule has 1 atom stereocenters. The Labute approximate surface area is 141 Å². The molecule has 1 unspecified atom stereocenters. The molecule has 116 valence electrons. The summed E-state index contributed by atoms with van der Waals surface area (Å²) < 4.78 is 0. The number of pyridine rings is 1. The van der Waals surface area contributed by atoms with Crippen LogP contribution in [0.25, 0.3) is 0 Å². The summed E-state index contributed by atoms with van der Waals surface area (Å²) in [6.45, 7) is 1.86. The van der Waals surface area contributed by atoms with E-state index in [9.17, 15) is 0 Å². The molecule has 0 spiro atoms. The fraction of sp³-hybridized carbons (Fsp3) is 0.353. The van der Waals surface area contributed by atoms with E-state index in [0.29, 0.717) is 17.1 Å². The minimum atomic E-state index is 0.308. The number of nitrogens with one attached hydrogen (secondary N) is 1. The van der Waals surface area contributed by atoms with Gasteiger partial charge >= 0.3 is 0 Å². The van der Waals surface area contributed by atoms with Gasteiger partial charge in [0.2, 0.25) is 0 Å². The van der Waals surface area contributed by atoms with Crippen LogP contribution in [-0.4, -0.2) is 16.5 Å². The molecule has 1 saturated heterocycles. The quantitative estimate of drug-likeness (QED) is 0.651. The van der Waals surface area contributed by atoms with E-state index in [4.69, 9.17) is 23.2 Å². The van der Waals surface area contributed by atoms with E-state index in [-0.39, 0.29) is 0 Å². The maximum absolute atomic E-state index is 6.04. The first kappa shape index (κ1) is 15.8. The molecule has 0 radical (unpaired) electrons. The van der Waals surface area contributed by atoms with E-state index in [1.54, 1.807) is 0 Å². The predicted molar refractivity (Wildman–Crippen MR) is 90.8 cm³/mol. The number of hydrogen-bond acceptors (Lipinski definition) is 3. The van der Waals surface area contributed by atoms with Crippen molar-refractivity contribution in [1.29, 1.82) is 0 Å². The van der Waals surface area contributed by atoms with Crippen molar-refractivity contribution in [3.8, 4) is 0 Å². The number of alkyl halides is 1. The summed E-state index contributed by atoms with van der Waals surface area (Å²) in [5, 5.41) is 2.80. The highest BCUT2D eigenvalue weighted by Crippen LogP contribution is 2.33. The SMILES string of the molecule is ClCc1nc(Cl)ccc1C1CCCN1NCc1ccccc1. The van der Waals surface area contributed by atoms with Gasteiger partial charge in [-0.1, -0.05) is 48.0 Å². The molecule has 3 nitrogen and oxygen atoms in total. The van der Waals surface area contributed by atoms with Crippen LogP contribution in [0.5, 0.6) is 0 Å². The van der Waals surface area contributed by atoms with Crippen LogP contribution in [0, 0.1) is 0 Å². The highest BCUT2D eigenvalue weighted by Gasteiger charge is 2.28. The summed E-state index contributed by atoms with van der Waals surface area (Å²) in [7, 11) is 0. The second-order valence-electron chi connectivity index (χ2n) is 5.48. The summed E-state index contributed by atoms with van der Waals surface area (Å²) in [5.41, 5.74) is 6.88. The molecule has 2 aromatic rings. The van der Waals surface area contributed by atoms with E-state index < -0.39 is 0 Å². The van der Waals surface area contributed by atoms with E-state index in [1.165, 1.54) is 11.1 Å². The van der Waals surface area contributed by atoms with E-state index >= 15 is 0 Å². The third-order valence-electron chi connectivity index (χ3n) is 4.04. The number of halogens is 2. The topological polar surface area (TPSA) is 28.2 Å². The van der Waals surface area contributed by atoms with Crippen LogP contribution >= 0.6 is 23.2 Å². The van der Waals surface area contributed by atoms with Crippen LogP contribution in [0.4, 0.5) is 0 Å². The Morgan fingerprint density at radius 1 is 1.18 bits per heavy atom. The van der Waals surface area contributed by atoms with Gasteiger partial charge in [0.25, 0.3) is 0 Å². The number of hydrogen-bond donors (Lipinski definition) is 1. The molecule has 1 aromatic heterocycles. The zero-order valence-corrected chi connectivity index (χ0v) is 13.8. The molecule has 5 heteroatoms. The van der Waals surface area contributed by atoms with E-state index in [1.807, 2.05) is 12.1 Å². The van der Waals surface area contributed by atoms with Crippen LogP contribution in [0.3, 0.4) is 0 Å².